The van der Waals surface area contributed by atoms with Crippen LogP contribution in [-0.2, 0) is 14.3 Å². The van der Waals surface area contributed by atoms with Gasteiger partial charge in [-0.05, 0) is 6.42 Å². The van der Waals surface area contributed by atoms with Gasteiger partial charge < -0.3 is 9.47 Å². The van der Waals surface area contributed by atoms with Gasteiger partial charge in [0.1, 0.15) is 12.7 Å². The highest BCUT2D eigenvalue weighted by atomic mass is 16.6. The molecule has 3 heteroatoms. The van der Waals surface area contributed by atoms with Gasteiger partial charge in [-0.1, -0.05) is 64.7 Å². The summed E-state index contributed by atoms with van der Waals surface area (Å²) in [6.07, 6.45) is 13.7. The van der Waals surface area contributed by atoms with Crippen LogP contribution in [-0.4, -0.2) is 25.3 Å². The van der Waals surface area contributed by atoms with Crippen molar-refractivity contribution in [3.63, 3.8) is 0 Å². The molecular weight excluding hydrogens is 240 g/mol. The molecule has 0 aliphatic carbocycles. The average molecular weight is 270 g/mol. The zero-order valence-electron chi connectivity index (χ0n) is 12.5. The second-order valence-electron chi connectivity index (χ2n) is 5.57. The van der Waals surface area contributed by atoms with Crippen molar-refractivity contribution in [1.29, 1.82) is 0 Å². The molecule has 1 fully saturated rings. The van der Waals surface area contributed by atoms with E-state index in [-0.39, 0.29) is 12.1 Å². The molecule has 1 atom stereocenters. The van der Waals surface area contributed by atoms with Gasteiger partial charge in [0.25, 0.3) is 0 Å². The first-order valence-electron chi connectivity index (χ1n) is 8.10. The Labute approximate surface area is 118 Å². The number of carbonyl (C=O) groups is 1. The normalized spacial score (nSPS) is 17.4. The molecule has 19 heavy (non-hydrogen) atoms. The Bertz CT molecular complexity index is 224. The molecule has 1 aliphatic heterocycles. The van der Waals surface area contributed by atoms with Crippen LogP contribution in [0.3, 0.4) is 0 Å². The molecule has 0 spiro atoms. The first kappa shape index (κ1) is 16.5. The van der Waals surface area contributed by atoms with Gasteiger partial charge in [0.2, 0.25) is 0 Å². The summed E-state index contributed by atoms with van der Waals surface area (Å²) in [6.45, 7) is 3.46. The topological polar surface area (TPSA) is 38.8 Å². The summed E-state index contributed by atoms with van der Waals surface area (Å²) >= 11 is 0. The monoisotopic (exact) mass is 270 g/mol. The van der Waals surface area contributed by atoms with Crippen LogP contribution >= 0.6 is 0 Å². The van der Waals surface area contributed by atoms with Crippen LogP contribution in [0.25, 0.3) is 0 Å². The Morgan fingerprint density at radius 2 is 1.53 bits per heavy atom. The van der Waals surface area contributed by atoms with Gasteiger partial charge in [-0.25, -0.2) is 0 Å². The van der Waals surface area contributed by atoms with E-state index in [0.717, 1.165) is 19.4 Å². The Morgan fingerprint density at radius 1 is 1.00 bits per heavy atom. The van der Waals surface area contributed by atoms with Gasteiger partial charge in [-0.15, -0.1) is 0 Å². The summed E-state index contributed by atoms with van der Waals surface area (Å²) in [5, 5.41) is 0. The molecule has 0 bridgehead atoms. The van der Waals surface area contributed by atoms with Gasteiger partial charge in [0, 0.05) is 6.42 Å². The highest BCUT2D eigenvalue weighted by molar-refractivity contribution is 5.69. The highest BCUT2D eigenvalue weighted by Gasteiger charge is 2.23. The van der Waals surface area contributed by atoms with Crippen molar-refractivity contribution in [3.8, 4) is 0 Å². The maximum absolute atomic E-state index is 11.3. The molecule has 0 N–H and O–H groups in total. The SMILES string of the molecule is CCCCCCCCCCCCC(=O)OCC1CO1. The highest BCUT2D eigenvalue weighted by Crippen LogP contribution is 2.12. The third kappa shape index (κ3) is 11.0. The Morgan fingerprint density at radius 3 is 2.05 bits per heavy atom. The number of esters is 1. The van der Waals surface area contributed by atoms with E-state index in [1.54, 1.807) is 0 Å². The van der Waals surface area contributed by atoms with Crippen LogP contribution in [0.1, 0.15) is 77.6 Å². The van der Waals surface area contributed by atoms with Crippen molar-refractivity contribution in [2.24, 2.45) is 0 Å². The zero-order valence-corrected chi connectivity index (χ0v) is 12.5. The van der Waals surface area contributed by atoms with Crippen molar-refractivity contribution < 1.29 is 14.3 Å². The van der Waals surface area contributed by atoms with Gasteiger partial charge in [0.15, 0.2) is 0 Å². The van der Waals surface area contributed by atoms with E-state index >= 15 is 0 Å². The summed E-state index contributed by atoms with van der Waals surface area (Å²) in [7, 11) is 0. The van der Waals surface area contributed by atoms with E-state index in [2.05, 4.69) is 6.92 Å². The molecule has 1 heterocycles. The maximum atomic E-state index is 11.3. The van der Waals surface area contributed by atoms with Crippen LogP contribution in [0, 0.1) is 0 Å². The third-order valence-corrected chi connectivity index (χ3v) is 3.57. The first-order valence-corrected chi connectivity index (χ1v) is 8.10. The van der Waals surface area contributed by atoms with E-state index in [4.69, 9.17) is 9.47 Å². The second kappa shape index (κ2) is 11.3. The average Bonchev–Trinajstić information content (AvgIpc) is 3.23. The van der Waals surface area contributed by atoms with Crippen molar-refractivity contribution in [3.05, 3.63) is 0 Å². The number of unbranched alkanes of at least 4 members (excludes halogenated alkanes) is 9. The summed E-state index contributed by atoms with van der Waals surface area (Å²) in [5.74, 6) is -0.0601. The van der Waals surface area contributed by atoms with Crippen molar-refractivity contribution >= 4 is 5.97 Å². The quantitative estimate of drug-likeness (QED) is 0.285. The van der Waals surface area contributed by atoms with Crippen LogP contribution < -0.4 is 0 Å². The smallest absolute Gasteiger partial charge is 0.305 e. The molecule has 0 amide bonds. The molecular formula is C16H30O3. The number of ether oxygens (including phenoxy) is 2. The summed E-state index contributed by atoms with van der Waals surface area (Å²) in [4.78, 5) is 11.3. The fraction of sp³-hybridized carbons (Fsp3) is 0.938. The van der Waals surface area contributed by atoms with Gasteiger partial charge in [-0.2, -0.15) is 0 Å². The molecule has 1 aliphatic rings. The van der Waals surface area contributed by atoms with Gasteiger partial charge in [0.05, 0.1) is 6.61 Å². The standard InChI is InChI=1S/C16H30O3/c1-2-3-4-5-6-7-8-9-10-11-12-16(17)19-14-15-13-18-15/h15H,2-14H2,1H3. The summed E-state index contributed by atoms with van der Waals surface area (Å²) in [5.41, 5.74) is 0. The van der Waals surface area contributed by atoms with E-state index in [9.17, 15) is 4.79 Å². The number of epoxide rings is 1. The largest absolute Gasteiger partial charge is 0.463 e. The third-order valence-electron chi connectivity index (χ3n) is 3.57. The van der Waals surface area contributed by atoms with E-state index in [1.807, 2.05) is 0 Å². The molecule has 3 nitrogen and oxygen atoms in total. The lowest BCUT2D eigenvalue weighted by atomic mass is 10.1. The Hall–Kier alpha value is -0.570. The lowest BCUT2D eigenvalue weighted by Gasteiger charge is -2.03. The molecule has 112 valence electrons. The predicted molar refractivity (Wildman–Crippen MR) is 77.2 cm³/mol. The molecule has 1 rings (SSSR count). The Kier molecular flexibility index (Phi) is 9.78. The molecule has 0 aromatic heterocycles. The van der Waals surface area contributed by atoms with E-state index < -0.39 is 0 Å². The molecule has 0 aromatic rings. The van der Waals surface area contributed by atoms with Crippen LogP contribution in [0.5, 0.6) is 0 Å². The molecule has 0 saturated carbocycles. The number of hydrogen-bond acceptors (Lipinski definition) is 3. The lowest BCUT2D eigenvalue weighted by Crippen LogP contribution is -2.09. The molecule has 1 saturated heterocycles. The zero-order chi connectivity index (χ0) is 13.8. The lowest BCUT2D eigenvalue weighted by molar-refractivity contribution is -0.144. The fourth-order valence-electron chi connectivity index (χ4n) is 2.18. The van der Waals surface area contributed by atoms with Gasteiger partial charge >= 0.3 is 5.97 Å². The van der Waals surface area contributed by atoms with Crippen LogP contribution in [0.2, 0.25) is 0 Å². The van der Waals surface area contributed by atoms with E-state index in [0.29, 0.717) is 13.0 Å². The molecule has 1 unspecified atom stereocenters. The van der Waals surface area contributed by atoms with Crippen LogP contribution in [0.4, 0.5) is 0 Å². The maximum Gasteiger partial charge on any atom is 0.305 e. The van der Waals surface area contributed by atoms with Crippen LogP contribution in [0.15, 0.2) is 0 Å². The van der Waals surface area contributed by atoms with Gasteiger partial charge in [-0.3, -0.25) is 4.79 Å². The first-order chi connectivity index (χ1) is 9.33. The van der Waals surface area contributed by atoms with E-state index in [1.165, 1.54) is 51.4 Å². The second-order valence-corrected chi connectivity index (χ2v) is 5.57. The van der Waals surface area contributed by atoms with Crippen molar-refractivity contribution in [1.82, 2.24) is 0 Å². The fourth-order valence-corrected chi connectivity index (χ4v) is 2.18. The van der Waals surface area contributed by atoms with Crippen molar-refractivity contribution in [2.75, 3.05) is 13.2 Å². The number of rotatable bonds is 13. The van der Waals surface area contributed by atoms with Crippen molar-refractivity contribution in [2.45, 2.75) is 83.7 Å². The molecule has 0 aromatic carbocycles. The minimum absolute atomic E-state index is 0.0601. The summed E-state index contributed by atoms with van der Waals surface area (Å²) < 4.78 is 10.1. The summed E-state index contributed by atoms with van der Waals surface area (Å²) in [6, 6.07) is 0. The number of carbonyl (C=O) groups excluding carboxylic acids is 1. The molecule has 0 radical (unpaired) electrons. The predicted octanol–water partition coefficient (Wildman–Crippen LogP) is 4.24. The minimum Gasteiger partial charge on any atom is -0.463 e. The number of hydrogen-bond donors (Lipinski definition) is 0. The Balaban J connectivity index is 1.71. The minimum atomic E-state index is -0.0601.